The molecule has 0 spiro atoms. The summed E-state index contributed by atoms with van der Waals surface area (Å²) in [6.45, 7) is 1.12. The molecule has 0 atom stereocenters. The van der Waals surface area contributed by atoms with Gasteiger partial charge in [-0.2, -0.15) is 9.97 Å². The predicted octanol–water partition coefficient (Wildman–Crippen LogP) is 3.59. The summed E-state index contributed by atoms with van der Waals surface area (Å²) in [7, 11) is 0. The lowest BCUT2D eigenvalue weighted by Crippen LogP contribution is -2.13. The molecule has 7 heteroatoms. The molecule has 0 fully saturated rings. The molecule has 0 bridgehead atoms. The zero-order valence-electron chi connectivity index (χ0n) is 14.0. The van der Waals surface area contributed by atoms with Crippen LogP contribution in [0.5, 0.6) is 5.75 Å². The third-order valence-corrected chi connectivity index (χ3v) is 3.72. The molecule has 0 amide bonds. The molecule has 2 aromatic heterocycles. The fraction of sp³-hybridized carbons (Fsp3) is 0.105. The van der Waals surface area contributed by atoms with Crippen LogP contribution in [0, 0.1) is 0 Å². The Hall–Kier alpha value is -3.61. The third kappa shape index (κ3) is 3.72. The maximum atomic E-state index is 5.70. The molecule has 4 rings (SSSR count). The second-order valence-corrected chi connectivity index (χ2v) is 5.58. The monoisotopic (exact) mass is 346 g/mol. The number of hydrogen-bond acceptors (Lipinski definition) is 6. The Labute approximate surface area is 150 Å². The largest absolute Gasteiger partial charge is 0.492 e. The summed E-state index contributed by atoms with van der Waals surface area (Å²) in [5, 5.41) is 6.48. The van der Waals surface area contributed by atoms with Gasteiger partial charge in [-0.1, -0.05) is 36.4 Å². The lowest BCUT2D eigenvalue weighted by molar-refractivity contribution is 0.333. The number of H-pyrrole nitrogens is 1. The summed E-state index contributed by atoms with van der Waals surface area (Å²) in [5.74, 6) is 2.01. The number of rotatable bonds is 7. The van der Waals surface area contributed by atoms with Crippen LogP contribution >= 0.6 is 0 Å². The first-order valence-electron chi connectivity index (χ1n) is 8.33. The van der Waals surface area contributed by atoms with Gasteiger partial charge < -0.3 is 20.4 Å². The molecule has 0 unspecified atom stereocenters. The molecular formula is C19H18N6O. The summed E-state index contributed by atoms with van der Waals surface area (Å²) >= 11 is 0. The van der Waals surface area contributed by atoms with Gasteiger partial charge in [-0.05, 0) is 24.3 Å². The number of imidazole rings is 1. The van der Waals surface area contributed by atoms with Crippen molar-refractivity contribution in [1.29, 1.82) is 0 Å². The molecule has 3 N–H and O–H groups in total. The quantitative estimate of drug-likeness (QED) is 0.443. The molecule has 0 saturated heterocycles. The molecule has 130 valence electrons. The number of para-hydroxylation sites is 2. The van der Waals surface area contributed by atoms with E-state index in [9.17, 15) is 0 Å². The average Bonchev–Trinajstić information content (AvgIpc) is 3.15. The minimum absolute atomic E-state index is 0.488. The Morgan fingerprint density at radius 2 is 1.69 bits per heavy atom. The van der Waals surface area contributed by atoms with Crippen molar-refractivity contribution in [2.24, 2.45) is 0 Å². The van der Waals surface area contributed by atoms with Crippen molar-refractivity contribution in [2.75, 3.05) is 23.8 Å². The summed E-state index contributed by atoms with van der Waals surface area (Å²) in [4.78, 5) is 16.3. The van der Waals surface area contributed by atoms with Crippen LogP contribution in [0.3, 0.4) is 0 Å². The van der Waals surface area contributed by atoms with Crippen LogP contribution in [0.4, 0.5) is 17.5 Å². The van der Waals surface area contributed by atoms with Crippen molar-refractivity contribution < 1.29 is 4.74 Å². The molecule has 26 heavy (non-hydrogen) atoms. The minimum atomic E-state index is 0.488. The van der Waals surface area contributed by atoms with Crippen LogP contribution in [0.15, 0.2) is 67.0 Å². The number of nitrogens with one attached hydrogen (secondary N) is 3. The first kappa shape index (κ1) is 15.9. The third-order valence-electron chi connectivity index (χ3n) is 3.72. The fourth-order valence-corrected chi connectivity index (χ4v) is 2.52. The van der Waals surface area contributed by atoms with E-state index in [4.69, 9.17) is 4.74 Å². The van der Waals surface area contributed by atoms with Gasteiger partial charge in [0.1, 0.15) is 17.9 Å². The highest BCUT2D eigenvalue weighted by Crippen LogP contribution is 2.20. The van der Waals surface area contributed by atoms with Gasteiger partial charge in [0.05, 0.1) is 12.9 Å². The molecule has 0 radical (unpaired) electrons. The summed E-state index contributed by atoms with van der Waals surface area (Å²) in [6.07, 6.45) is 1.61. The van der Waals surface area contributed by atoms with Crippen molar-refractivity contribution in [3.05, 3.63) is 67.0 Å². The predicted molar refractivity (Wildman–Crippen MR) is 102 cm³/mol. The first-order valence-corrected chi connectivity index (χ1v) is 8.33. The molecule has 0 aliphatic heterocycles. The number of aromatic nitrogens is 4. The minimum Gasteiger partial charge on any atom is -0.492 e. The molecule has 0 aliphatic rings. The van der Waals surface area contributed by atoms with Crippen LogP contribution in [0.2, 0.25) is 0 Å². The number of ether oxygens (including phenoxy) is 1. The summed E-state index contributed by atoms with van der Waals surface area (Å²) < 4.78 is 5.70. The Morgan fingerprint density at radius 1 is 0.923 bits per heavy atom. The molecule has 2 aromatic carbocycles. The Kier molecular flexibility index (Phi) is 4.60. The van der Waals surface area contributed by atoms with Crippen molar-refractivity contribution >= 4 is 28.6 Å². The number of nitrogens with zero attached hydrogens (tertiary/aromatic N) is 3. The highest BCUT2D eigenvalue weighted by Gasteiger charge is 2.10. The SMILES string of the molecule is c1ccc(Nc2nc(NCCOc3ccccc3)c3[nH]cnc3n2)cc1. The Bertz CT molecular complexity index is 971. The van der Waals surface area contributed by atoms with Crippen molar-refractivity contribution in [3.63, 3.8) is 0 Å². The second-order valence-electron chi connectivity index (χ2n) is 5.58. The van der Waals surface area contributed by atoms with Gasteiger partial charge in [-0.25, -0.2) is 4.98 Å². The van der Waals surface area contributed by atoms with Crippen LogP contribution in [-0.2, 0) is 0 Å². The van der Waals surface area contributed by atoms with Gasteiger partial charge in [0.25, 0.3) is 0 Å². The highest BCUT2D eigenvalue weighted by atomic mass is 16.5. The molecule has 7 nitrogen and oxygen atoms in total. The highest BCUT2D eigenvalue weighted by molar-refractivity contribution is 5.84. The van der Waals surface area contributed by atoms with E-state index < -0.39 is 0 Å². The fourth-order valence-electron chi connectivity index (χ4n) is 2.52. The lowest BCUT2D eigenvalue weighted by Gasteiger charge is -2.10. The summed E-state index contributed by atoms with van der Waals surface area (Å²) in [5.41, 5.74) is 2.29. The second kappa shape index (κ2) is 7.52. The van der Waals surface area contributed by atoms with Gasteiger partial charge in [-0.15, -0.1) is 0 Å². The van der Waals surface area contributed by atoms with Crippen LogP contribution in [-0.4, -0.2) is 33.1 Å². The van der Waals surface area contributed by atoms with Gasteiger partial charge >= 0.3 is 0 Å². The van der Waals surface area contributed by atoms with Crippen molar-refractivity contribution in [3.8, 4) is 5.75 Å². The van der Waals surface area contributed by atoms with Gasteiger partial charge in [0, 0.05) is 5.69 Å². The van der Waals surface area contributed by atoms with E-state index in [-0.39, 0.29) is 0 Å². The zero-order chi connectivity index (χ0) is 17.6. The van der Waals surface area contributed by atoms with E-state index in [1.807, 2.05) is 60.7 Å². The van der Waals surface area contributed by atoms with E-state index in [0.717, 1.165) is 17.0 Å². The van der Waals surface area contributed by atoms with Gasteiger partial charge in [0.2, 0.25) is 5.95 Å². The molecule has 0 saturated carbocycles. The van der Waals surface area contributed by atoms with E-state index >= 15 is 0 Å². The molecule has 4 aromatic rings. The molecule has 2 heterocycles. The number of fused-ring (bicyclic) bond motifs is 1. The van der Waals surface area contributed by atoms with Gasteiger partial charge in [0.15, 0.2) is 11.5 Å². The maximum absolute atomic E-state index is 5.70. The van der Waals surface area contributed by atoms with E-state index in [0.29, 0.717) is 30.6 Å². The zero-order valence-corrected chi connectivity index (χ0v) is 14.0. The van der Waals surface area contributed by atoms with Crippen LogP contribution in [0.25, 0.3) is 11.2 Å². The summed E-state index contributed by atoms with van der Waals surface area (Å²) in [6, 6.07) is 19.5. The van der Waals surface area contributed by atoms with Crippen LogP contribution < -0.4 is 15.4 Å². The number of hydrogen-bond donors (Lipinski definition) is 3. The average molecular weight is 346 g/mol. The first-order chi connectivity index (χ1) is 12.9. The Balaban J connectivity index is 1.46. The normalized spacial score (nSPS) is 10.6. The number of anilines is 3. The van der Waals surface area contributed by atoms with Crippen LogP contribution in [0.1, 0.15) is 0 Å². The standard InChI is InChI=1S/C19H18N6O/c1-3-7-14(8-4-1)23-19-24-17(16-18(25-19)22-13-21-16)20-11-12-26-15-9-5-2-6-10-15/h1-10,13H,11-12H2,(H3,20,21,22,23,24,25). The number of aromatic amines is 1. The van der Waals surface area contributed by atoms with E-state index in [1.165, 1.54) is 0 Å². The van der Waals surface area contributed by atoms with Crippen molar-refractivity contribution in [1.82, 2.24) is 19.9 Å². The smallest absolute Gasteiger partial charge is 0.231 e. The van der Waals surface area contributed by atoms with Gasteiger partial charge in [-0.3, -0.25) is 0 Å². The van der Waals surface area contributed by atoms with E-state index in [2.05, 4.69) is 30.6 Å². The Morgan fingerprint density at radius 3 is 2.50 bits per heavy atom. The molecule has 0 aliphatic carbocycles. The number of benzene rings is 2. The molecular weight excluding hydrogens is 328 g/mol. The lowest BCUT2D eigenvalue weighted by atomic mass is 10.3. The topological polar surface area (TPSA) is 87.8 Å². The van der Waals surface area contributed by atoms with E-state index in [1.54, 1.807) is 6.33 Å². The maximum Gasteiger partial charge on any atom is 0.231 e. The van der Waals surface area contributed by atoms with Crippen molar-refractivity contribution in [2.45, 2.75) is 0 Å².